The fourth-order valence-electron chi connectivity index (χ4n) is 3.83. The van der Waals surface area contributed by atoms with Gasteiger partial charge in [0.25, 0.3) is 5.69 Å². The molecular weight excluding hydrogens is 382 g/mol. The highest BCUT2D eigenvalue weighted by molar-refractivity contribution is 7.89. The number of anilines is 1. The number of sulfonamides is 1. The molecule has 0 aliphatic carbocycles. The van der Waals surface area contributed by atoms with Crippen molar-refractivity contribution in [2.45, 2.75) is 36.6 Å². The monoisotopic (exact) mass is 405 g/mol. The van der Waals surface area contributed by atoms with Gasteiger partial charge in [-0.2, -0.15) is 4.31 Å². The molecule has 2 aromatic rings. The van der Waals surface area contributed by atoms with E-state index in [9.17, 15) is 18.5 Å². The number of hydrogen-bond acceptors (Lipinski definition) is 6. The predicted octanol–water partition coefficient (Wildman–Crippen LogP) is 2.42. The quantitative estimate of drug-likeness (QED) is 0.559. The molecule has 0 atom stereocenters. The summed E-state index contributed by atoms with van der Waals surface area (Å²) in [6, 6.07) is 4.47. The van der Waals surface area contributed by atoms with Crippen molar-refractivity contribution >= 4 is 21.4 Å². The smallest absolute Gasteiger partial charge is 0.293 e. The van der Waals surface area contributed by atoms with Crippen molar-refractivity contribution in [2.24, 2.45) is 0 Å². The minimum absolute atomic E-state index is 0.00321. The molecule has 150 valence electrons. The lowest BCUT2D eigenvalue weighted by molar-refractivity contribution is -0.384. The number of nitro groups is 1. The summed E-state index contributed by atoms with van der Waals surface area (Å²) in [7, 11) is -3.72. The van der Waals surface area contributed by atoms with Crippen LogP contribution in [0.5, 0.6) is 0 Å². The molecule has 0 saturated carbocycles. The van der Waals surface area contributed by atoms with E-state index in [0.29, 0.717) is 31.9 Å². The zero-order valence-electron chi connectivity index (χ0n) is 15.5. The maximum absolute atomic E-state index is 13.0. The third-order valence-corrected chi connectivity index (χ3v) is 7.39. The topological polar surface area (TPSA) is 102 Å². The van der Waals surface area contributed by atoms with Gasteiger partial charge in [0.1, 0.15) is 5.69 Å². The predicted molar refractivity (Wildman–Crippen MR) is 104 cm³/mol. The van der Waals surface area contributed by atoms with Crippen molar-refractivity contribution in [3.8, 4) is 0 Å². The molecule has 0 radical (unpaired) electrons. The molecule has 1 aromatic heterocycles. The lowest BCUT2D eigenvalue weighted by Crippen LogP contribution is -2.47. The molecule has 10 heteroatoms. The lowest BCUT2D eigenvalue weighted by atomic mass is 10.1. The first-order valence-electron chi connectivity index (χ1n) is 9.48. The molecule has 9 nitrogen and oxygen atoms in total. The van der Waals surface area contributed by atoms with Crippen molar-refractivity contribution in [3.63, 3.8) is 0 Å². The molecule has 2 fully saturated rings. The summed E-state index contributed by atoms with van der Waals surface area (Å²) in [6.45, 7) is 2.18. The highest BCUT2D eigenvalue weighted by Crippen LogP contribution is 2.37. The van der Waals surface area contributed by atoms with E-state index in [2.05, 4.69) is 4.98 Å². The van der Waals surface area contributed by atoms with E-state index in [0.717, 1.165) is 25.7 Å². The van der Waals surface area contributed by atoms with Crippen LogP contribution in [0.25, 0.3) is 0 Å². The molecule has 2 aliphatic heterocycles. The van der Waals surface area contributed by atoms with E-state index in [-0.39, 0.29) is 16.6 Å². The van der Waals surface area contributed by atoms with E-state index >= 15 is 0 Å². The Bertz CT molecular complexity index is 946. The van der Waals surface area contributed by atoms with E-state index < -0.39 is 14.9 Å². The maximum Gasteiger partial charge on any atom is 0.293 e. The number of imidazole rings is 1. The molecule has 3 heterocycles. The van der Waals surface area contributed by atoms with Gasteiger partial charge in [0.05, 0.1) is 22.2 Å². The van der Waals surface area contributed by atoms with Gasteiger partial charge >= 0.3 is 0 Å². The first kappa shape index (κ1) is 18.9. The van der Waals surface area contributed by atoms with Gasteiger partial charge in [-0.25, -0.2) is 13.4 Å². The van der Waals surface area contributed by atoms with Crippen molar-refractivity contribution < 1.29 is 13.3 Å². The number of nitrogens with zero attached hydrogens (tertiary/aromatic N) is 5. The summed E-state index contributed by atoms with van der Waals surface area (Å²) in [6.07, 6.45) is 8.97. The fourth-order valence-corrected chi connectivity index (χ4v) is 5.37. The zero-order chi connectivity index (χ0) is 19.7. The van der Waals surface area contributed by atoms with Crippen LogP contribution in [0, 0.1) is 10.1 Å². The Morgan fingerprint density at radius 3 is 2.43 bits per heavy atom. The number of rotatable bonds is 5. The normalized spacial score (nSPS) is 19.2. The molecule has 0 N–H and O–H groups in total. The van der Waals surface area contributed by atoms with Gasteiger partial charge in [0.2, 0.25) is 10.0 Å². The Hall–Kier alpha value is -2.46. The summed E-state index contributed by atoms with van der Waals surface area (Å²) in [5, 5.41) is 11.6. The Morgan fingerprint density at radius 1 is 1.11 bits per heavy atom. The molecular formula is C18H23N5O4S. The number of hydrogen-bond donors (Lipinski definition) is 0. The van der Waals surface area contributed by atoms with Crippen LogP contribution in [0.2, 0.25) is 0 Å². The molecule has 0 bridgehead atoms. The van der Waals surface area contributed by atoms with Crippen molar-refractivity contribution in [1.29, 1.82) is 0 Å². The van der Waals surface area contributed by atoms with E-state index in [1.807, 2.05) is 15.7 Å². The van der Waals surface area contributed by atoms with Crippen LogP contribution < -0.4 is 4.90 Å². The second kappa shape index (κ2) is 7.51. The minimum atomic E-state index is -3.72. The fraction of sp³-hybridized carbons (Fsp3) is 0.500. The molecule has 0 amide bonds. The zero-order valence-corrected chi connectivity index (χ0v) is 16.3. The highest BCUT2D eigenvalue weighted by Gasteiger charge is 2.34. The molecule has 28 heavy (non-hydrogen) atoms. The number of benzene rings is 1. The maximum atomic E-state index is 13.0. The van der Waals surface area contributed by atoms with Gasteiger partial charge < -0.3 is 9.47 Å². The van der Waals surface area contributed by atoms with E-state index in [1.54, 1.807) is 18.6 Å². The van der Waals surface area contributed by atoms with Gasteiger partial charge in [-0.1, -0.05) is 12.8 Å². The Labute approximate surface area is 163 Å². The minimum Gasteiger partial charge on any atom is -0.362 e. The van der Waals surface area contributed by atoms with Crippen LogP contribution >= 0.6 is 0 Å². The van der Waals surface area contributed by atoms with Crippen molar-refractivity contribution in [3.05, 3.63) is 47.0 Å². The van der Waals surface area contributed by atoms with Crippen LogP contribution in [0.4, 0.5) is 11.4 Å². The van der Waals surface area contributed by atoms with Crippen molar-refractivity contribution in [1.82, 2.24) is 13.9 Å². The second-order valence-electron chi connectivity index (χ2n) is 7.29. The third-order valence-electron chi connectivity index (χ3n) is 5.50. The van der Waals surface area contributed by atoms with Gasteiger partial charge in [-0.05, 0) is 25.0 Å². The number of aromatic nitrogens is 2. The largest absolute Gasteiger partial charge is 0.362 e. The van der Waals surface area contributed by atoms with Crippen LogP contribution in [0.3, 0.4) is 0 Å². The summed E-state index contributed by atoms with van der Waals surface area (Å²) >= 11 is 0. The summed E-state index contributed by atoms with van der Waals surface area (Å²) in [5.74, 6) is 0. The van der Waals surface area contributed by atoms with Crippen molar-refractivity contribution in [2.75, 3.05) is 31.1 Å². The number of nitro benzene ring substituents is 1. The van der Waals surface area contributed by atoms with Gasteiger partial charge in [0.15, 0.2) is 0 Å². The third kappa shape index (κ3) is 3.49. The molecule has 0 spiro atoms. The second-order valence-corrected chi connectivity index (χ2v) is 9.23. The average Bonchev–Trinajstić information content (AvgIpc) is 3.00. The highest BCUT2D eigenvalue weighted by atomic mass is 32.2. The Morgan fingerprint density at radius 2 is 1.82 bits per heavy atom. The summed E-state index contributed by atoms with van der Waals surface area (Å²) in [4.78, 5) is 17.1. The Kier molecular flexibility index (Phi) is 5.07. The van der Waals surface area contributed by atoms with Crippen LogP contribution in [-0.2, 0) is 10.0 Å². The average molecular weight is 405 g/mol. The SMILES string of the molecule is O=[N+]([O-])c1cc(S(=O)(=O)N2CCCCCC2)ccc1N1CC(n2ccnc2)C1. The van der Waals surface area contributed by atoms with E-state index in [4.69, 9.17) is 0 Å². The van der Waals surface area contributed by atoms with Crippen LogP contribution in [-0.4, -0.2) is 53.4 Å². The summed E-state index contributed by atoms with van der Waals surface area (Å²) < 4.78 is 29.4. The lowest BCUT2D eigenvalue weighted by Gasteiger charge is -2.41. The standard InChI is InChI=1S/C18H23N5O4S/c24-23(25)18-11-16(28(26,27)22-8-3-1-2-4-9-22)5-6-17(18)21-12-15(13-21)20-10-7-19-14-20/h5-7,10-11,14-15H,1-4,8-9,12-13H2. The van der Waals surface area contributed by atoms with Crippen LogP contribution in [0.1, 0.15) is 31.7 Å². The molecule has 1 aromatic carbocycles. The molecule has 4 rings (SSSR count). The van der Waals surface area contributed by atoms with Gasteiger partial charge in [0, 0.05) is 44.6 Å². The van der Waals surface area contributed by atoms with Crippen LogP contribution in [0.15, 0.2) is 41.8 Å². The van der Waals surface area contributed by atoms with E-state index in [1.165, 1.54) is 16.4 Å². The molecule has 2 aliphatic rings. The first-order chi connectivity index (χ1) is 13.5. The molecule has 0 unspecified atom stereocenters. The Balaban J connectivity index is 1.58. The first-order valence-corrected chi connectivity index (χ1v) is 10.9. The van der Waals surface area contributed by atoms with Gasteiger partial charge in [-0.15, -0.1) is 0 Å². The summed E-state index contributed by atoms with van der Waals surface area (Å²) in [5.41, 5.74) is 0.288. The van der Waals surface area contributed by atoms with Gasteiger partial charge in [-0.3, -0.25) is 10.1 Å². The molecule has 2 saturated heterocycles.